The van der Waals surface area contributed by atoms with Gasteiger partial charge in [-0.05, 0) is 73.9 Å². The molecule has 1 amide bonds. The number of anilines is 2. The van der Waals surface area contributed by atoms with Crippen LogP contribution in [0.5, 0.6) is 11.5 Å². The highest BCUT2D eigenvalue weighted by atomic mass is 35.5. The van der Waals surface area contributed by atoms with Crippen LogP contribution in [0.1, 0.15) is 23.6 Å². The van der Waals surface area contributed by atoms with E-state index in [-0.39, 0.29) is 12.5 Å². The third kappa shape index (κ3) is 6.40. The van der Waals surface area contributed by atoms with Crippen LogP contribution in [0.2, 0.25) is 5.02 Å². The third-order valence-corrected chi connectivity index (χ3v) is 5.14. The number of carbonyl (C=O) groups excluding carboxylic acids is 1. The molecule has 0 radical (unpaired) electrons. The summed E-state index contributed by atoms with van der Waals surface area (Å²) in [5.74, 6) is 0.897. The van der Waals surface area contributed by atoms with Gasteiger partial charge >= 0.3 is 0 Å². The fourth-order valence-electron chi connectivity index (χ4n) is 3.01. The first kappa shape index (κ1) is 22.5. The zero-order chi connectivity index (χ0) is 22.2. The molecule has 3 rings (SSSR count). The number of amides is 1. The molecule has 0 aromatic heterocycles. The Kier molecular flexibility index (Phi) is 7.79. The second-order valence-electron chi connectivity index (χ2n) is 7.18. The minimum Gasteiger partial charge on any atom is -0.490 e. The number of ether oxygens (including phenoxy) is 2. The van der Waals surface area contributed by atoms with Crippen molar-refractivity contribution in [3.05, 3.63) is 82.4 Å². The average molecular weight is 439 g/mol. The number of carbonyl (C=O) groups is 1. The summed E-state index contributed by atoms with van der Waals surface area (Å²) in [4.78, 5) is 12.3. The zero-order valence-corrected chi connectivity index (χ0v) is 18.8. The summed E-state index contributed by atoms with van der Waals surface area (Å²) in [5.41, 5.74) is 4.93. The van der Waals surface area contributed by atoms with Gasteiger partial charge in [-0.3, -0.25) is 4.79 Å². The number of nitrogens with one attached hydrogen (secondary N) is 2. The van der Waals surface area contributed by atoms with Crippen LogP contribution >= 0.6 is 11.6 Å². The van der Waals surface area contributed by atoms with E-state index in [0.29, 0.717) is 29.7 Å². The molecule has 0 spiro atoms. The Hall–Kier alpha value is -3.18. The quantitative estimate of drug-likeness (QED) is 0.431. The zero-order valence-electron chi connectivity index (χ0n) is 18.0. The molecule has 0 bridgehead atoms. The van der Waals surface area contributed by atoms with E-state index in [0.717, 1.165) is 22.5 Å². The van der Waals surface area contributed by atoms with Gasteiger partial charge in [-0.15, -0.1) is 0 Å². The predicted molar refractivity (Wildman–Crippen MR) is 126 cm³/mol. The molecule has 5 nitrogen and oxygen atoms in total. The van der Waals surface area contributed by atoms with Gasteiger partial charge in [-0.2, -0.15) is 0 Å². The van der Waals surface area contributed by atoms with Gasteiger partial charge < -0.3 is 20.1 Å². The molecule has 0 fully saturated rings. The summed E-state index contributed by atoms with van der Waals surface area (Å²) >= 11 is 6.20. The van der Waals surface area contributed by atoms with Crippen LogP contribution in [0.25, 0.3) is 0 Å². The number of halogens is 1. The molecule has 0 aliphatic heterocycles. The largest absolute Gasteiger partial charge is 0.490 e. The van der Waals surface area contributed by atoms with Crippen LogP contribution in [-0.4, -0.2) is 19.1 Å². The SMILES string of the molecule is CCOc1cc(CNc2ccccc2Cl)ccc1OCC(=O)Nc1ccc(C)c(C)c1. The first-order chi connectivity index (χ1) is 15.0. The standard InChI is InChI=1S/C25H27ClN2O3/c1-4-30-24-14-19(15-27-22-8-6-5-7-21(22)26)10-12-23(24)31-16-25(29)28-20-11-9-17(2)18(3)13-20/h5-14,27H,4,15-16H2,1-3H3,(H,28,29). The molecule has 0 aliphatic carbocycles. The van der Waals surface area contributed by atoms with Crippen molar-refractivity contribution in [1.82, 2.24) is 0 Å². The topological polar surface area (TPSA) is 59.6 Å². The number of para-hydroxylation sites is 1. The van der Waals surface area contributed by atoms with E-state index < -0.39 is 0 Å². The van der Waals surface area contributed by atoms with Crippen molar-refractivity contribution >= 4 is 28.9 Å². The molecule has 31 heavy (non-hydrogen) atoms. The van der Waals surface area contributed by atoms with Crippen LogP contribution in [-0.2, 0) is 11.3 Å². The molecule has 3 aromatic rings. The Morgan fingerprint density at radius 1 is 0.935 bits per heavy atom. The molecule has 0 saturated heterocycles. The predicted octanol–water partition coefficient (Wildman–Crippen LogP) is 5.99. The second-order valence-corrected chi connectivity index (χ2v) is 7.59. The number of hydrogen-bond acceptors (Lipinski definition) is 4. The maximum absolute atomic E-state index is 12.3. The lowest BCUT2D eigenvalue weighted by atomic mass is 10.1. The summed E-state index contributed by atoms with van der Waals surface area (Å²) in [7, 11) is 0. The Balaban J connectivity index is 1.61. The van der Waals surface area contributed by atoms with Gasteiger partial charge in [0.2, 0.25) is 0 Å². The molecule has 0 saturated carbocycles. The lowest BCUT2D eigenvalue weighted by Gasteiger charge is -2.14. The molecule has 162 valence electrons. The van der Waals surface area contributed by atoms with Crippen LogP contribution < -0.4 is 20.1 Å². The normalized spacial score (nSPS) is 10.5. The molecule has 0 aliphatic rings. The van der Waals surface area contributed by atoms with Crippen molar-refractivity contribution in [2.75, 3.05) is 23.8 Å². The Bertz CT molecular complexity index is 1050. The molecule has 3 aromatic carbocycles. The highest BCUT2D eigenvalue weighted by Gasteiger charge is 2.10. The van der Waals surface area contributed by atoms with Gasteiger partial charge in [0.25, 0.3) is 5.91 Å². The molecule has 0 heterocycles. The first-order valence-electron chi connectivity index (χ1n) is 10.2. The smallest absolute Gasteiger partial charge is 0.262 e. The van der Waals surface area contributed by atoms with E-state index in [4.69, 9.17) is 21.1 Å². The van der Waals surface area contributed by atoms with E-state index in [9.17, 15) is 4.79 Å². The summed E-state index contributed by atoms with van der Waals surface area (Å²) in [5, 5.41) is 6.84. The maximum Gasteiger partial charge on any atom is 0.262 e. The molecule has 6 heteroatoms. The molecular weight excluding hydrogens is 412 g/mol. The van der Waals surface area contributed by atoms with Crippen molar-refractivity contribution in [3.8, 4) is 11.5 Å². The van der Waals surface area contributed by atoms with E-state index in [1.807, 2.05) is 81.4 Å². The number of benzene rings is 3. The number of rotatable bonds is 9. The summed E-state index contributed by atoms with van der Waals surface area (Å²) in [6, 6.07) is 19.1. The van der Waals surface area contributed by atoms with Crippen LogP contribution in [0.3, 0.4) is 0 Å². The van der Waals surface area contributed by atoms with E-state index in [1.54, 1.807) is 0 Å². The van der Waals surface area contributed by atoms with Gasteiger partial charge in [0.05, 0.1) is 17.3 Å². The Labute approximate surface area is 188 Å². The van der Waals surface area contributed by atoms with Gasteiger partial charge in [-0.25, -0.2) is 0 Å². The highest BCUT2D eigenvalue weighted by molar-refractivity contribution is 6.33. The van der Waals surface area contributed by atoms with Crippen molar-refractivity contribution in [2.24, 2.45) is 0 Å². The minimum atomic E-state index is -0.227. The van der Waals surface area contributed by atoms with Crippen molar-refractivity contribution in [1.29, 1.82) is 0 Å². The average Bonchev–Trinajstić information content (AvgIpc) is 2.75. The Morgan fingerprint density at radius 2 is 1.74 bits per heavy atom. The van der Waals surface area contributed by atoms with E-state index >= 15 is 0 Å². The monoisotopic (exact) mass is 438 g/mol. The molecule has 0 unspecified atom stereocenters. The lowest BCUT2D eigenvalue weighted by molar-refractivity contribution is -0.118. The molecule has 2 N–H and O–H groups in total. The van der Waals surface area contributed by atoms with E-state index in [2.05, 4.69) is 10.6 Å². The second kappa shape index (κ2) is 10.7. The first-order valence-corrected chi connectivity index (χ1v) is 10.6. The van der Waals surface area contributed by atoms with Crippen molar-refractivity contribution in [3.63, 3.8) is 0 Å². The molecular formula is C25H27ClN2O3. The van der Waals surface area contributed by atoms with Crippen LogP contribution in [0, 0.1) is 13.8 Å². The Morgan fingerprint density at radius 3 is 2.48 bits per heavy atom. The highest BCUT2D eigenvalue weighted by Crippen LogP contribution is 2.29. The fourth-order valence-corrected chi connectivity index (χ4v) is 3.21. The molecule has 0 atom stereocenters. The fraction of sp³-hybridized carbons (Fsp3) is 0.240. The van der Waals surface area contributed by atoms with Gasteiger partial charge in [-0.1, -0.05) is 35.9 Å². The number of hydrogen-bond donors (Lipinski definition) is 2. The number of aryl methyl sites for hydroxylation is 2. The summed E-state index contributed by atoms with van der Waals surface area (Å²) in [6.07, 6.45) is 0. The van der Waals surface area contributed by atoms with E-state index in [1.165, 1.54) is 5.56 Å². The van der Waals surface area contributed by atoms with Crippen molar-refractivity contribution in [2.45, 2.75) is 27.3 Å². The van der Waals surface area contributed by atoms with Crippen molar-refractivity contribution < 1.29 is 14.3 Å². The summed E-state index contributed by atoms with van der Waals surface area (Å²) in [6.45, 7) is 6.92. The van der Waals surface area contributed by atoms with Gasteiger partial charge in [0, 0.05) is 12.2 Å². The van der Waals surface area contributed by atoms with Gasteiger partial charge in [0.15, 0.2) is 18.1 Å². The minimum absolute atomic E-state index is 0.107. The lowest BCUT2D eigenvalue weighted by Crippen LogP contribution is -2.20. The maximum atomic E-state index is 12.3. The van der Waals surface area contributed by atoms with Crippen LogP contribution in [0.4, 0.5) is 11.4 Å². The van der Waals surface area contributed by atoms with Crippen LogP contribution in [0.15, 0.2) is 60.7 Å². The summed E-state index contributed by atoms with van der Waals surface area (Å²) < 4.78 is 11.5. The van der Waals surface area contributed by atoms with Gasteiger partial charge in [0.1, 0.15) is 0 Å². The third-order valence-electron chi connectivity index (χ3n) is 4.81.